The van der Waals surface area contributed by atoms with Gasteiger partial charge in [-0.3, -0.25) is 19.6 Å². The van der Waals surface area contributed by atoms with Gasteiger partial charge < -0.3 is 14.8 Å². The second-order valence-corrected chi connectivity index (χ2v) is 7.95. The molecule has 9 heteroatoms. The van der Waals surface area contributed by atoms with Crippen LogP contribution in [0, 0.1) is 10.1 Å². The van der Waals surface area contributed by atoms with Crippen LogP contribution >= 0.6 is 0 Å². The predicted molar refractivity (Wildman–Crippen MR) is 135 cm³/mol. The third kappa shape index (κ3) is 5.52. The number of carbonyl (C=O) groups is 1. The standard InChI is InChI=1S/C27H26N4O5/c1-3-36-25-14-22(23(31(33)34)15-24(25)35-2)27(32)28-16-21-18-30(17-19-10-6-4-7-11-19)29-26(21)20-12-8-5-9-13-20/h4-15,18H,3,16-17H2,1-2H3,(H,28,32). The third-order valence-corrected chi connectivity index (χ3v) is 5.53. The summed E-state index contributed by atoms with van der Waals surface area (Å²) in [5, 5.41) is 19.2. The third-order valence-electron chi connectivity index (χ3n) is 5.53. The second kappa shape index (κ2) is 11.2. The highest BCUT2D eigenvalue weighted by atomic mass is 16.6. The van der Waals surface area contributed by atoms with E-state index in [4.69, 9.17) is 14.6 Å². The van der Waals surface area contributed by atoms with E-state index in [0.29, 0.717) is 13.2 Å². The minimum absolute atomic E-state index is 0.109. The van der Waals surface area contributed by atoms with Crippen molar-refractivity contribution in [3.63, 3.8) is 0 Å². The first-order chi connectivity index (χ1) is 17.5. The van der Waals surface area contributed by atoms with E-state index >= 15 is 0 Å². The maximum atomic E-state index is 13.1. The van der Waals surface area contributed by atoms with Crippen molar-refractivity contribution >= 4 is 11.6 Å². The van der Waals surface area contributed by atoms with Crippen LogP contribution in [0.5, 0.6) is 11.5 Å². The highest BCUT2D eigenvalue weighted by molar-refractivity contribution is 5.99. The van der Waals surface area contributed by atoms with Crippen LogP contribution in [0.15, 0.2) is 79.0 Å². The molecule has 4 rings (SSSR count). The maximum absolute atomic E-state index is 13.1. The van der Waals surface area contributed by atoms with Gasteiger partial charge in [-0.15, -0.1) is 0 Å². The van der Waals surface area contributed by atoms with Gasteiger partial charge in [0, 0.05) is 29.9 Å². The Bertz CT molecular complexity index is 1350. The molecule has 0 saturated carbocycles. The van der Waals surface area contributed by atoms with Gasteiger partial charge in [-0.1, -0.05) is 60.7 Å². The molecule has 184 valence electrons. The molecule has 9 nitrogen and oxygen atoms in total. The lowest BCUT2D eigenvalue weighted by molar-refractivity contribution is -0.385. The van der Waals surface area contributed by atoms with E-state index in [0.717, 1.165) is 22.4 Å². The quantitative estimate of drug-likeness (QED) is 0.254. The molecule has 0 saturated heterocycles. The fourth-order valence-corrected chi connectivity index (χ4v) is 3.86. The van der Waals surface area contributed by atoms with Crippen LogP contribution in [0.1, 0.15) is 28.4 Å². The first-order valence-electron chi connectivity index (χ1n) is 11.4. The lowest BCUT2D eigenvalue weighted by atomic mass is 10.1. The van der Waals surface area contributed by atoms with Crippen molar-refractivity contribution in [1.29, 1.82) is 0 Å². The number of methoxy groups -OCH3 is 1. The van der Waals surface area contributed by atoms with Crippen LogP contribution < -0.4 is 14.8 Å². The molecule has 0 aliphatic heterocycles. The summed E-state index contributed by atoms with van der Waals surface area (Å²) in [5.74, 6) is -0.148. The van der Waals surface area contributed by atoms with Gasteiger partial charge in [-0.25, -0.2) is 0 Å². The molecule has 4 aromatic rings. The zero-order chi connectivity index (χ0) is 25.5. The van der Waals surface area contributed by atoms with Crippen molar-refractivity contribution in [1.82, 2.24) is 15.1 Å². The summed E-state index contributed by atoms with van der Waals surface area (Å²) in [5.41, 5.74) is 3.03. The van der Waals surface area contributed by atoms with E-state index < -0.39 is 10.8 Å². The van der Waals surface area contributed by atoms with Crippen molar-refractivity contribution < 1.29 is 19.2 Å². The Morgan fingerprint density at radius 2 is 1.75 bits per heavy atom. The molecule has 0 aliphatic rings. The number of nitrogens with zero attached hydrogens (tertiary/aromatic N) is 3. The average molecular weight is 487 g/mol. The summed E-state index contributed by atoms with van der Waals surface area (Å²) < 4.78 is 12.5. The molecule has 0 bridgehead atoms. The van der Waals surface area contributed by atoms with E-state index in [9.17, 15) is 14.9 Å². The van der Waals surface area contributed by atoms with Gasteiger partial charge in [0.1, 0.15) is 5.56 Å². The number of nitro benzene ring substituents is 1. The fourth-order valence-electron chi connectivity index (χ4n) is 3.86. The molecule has 0 radical (unpaired) electrons. The van der Waals surface area contributed by atoms with Crippen LogP contribution in [-0.4, -0.2) is 34.3 Å². The minimum Gasteiger partial charge on any atom is -0.493 e. The zero-order valence-electron chi connectivity index (χ0n) is 20.0. The summed E-state index contributed by atoms with van der Waals surface area (Å²) in [4.78, 5) is 24.2. The Balaban J connectivity index is 1.63. The van der Waals surface area contributed by atoms with Crippen LogP contribution in [0.3, 0.4) is 0 Å². The maximum Gasteiger partial charge on any atom is 0.286 e. The van der Waals surface area contributed by atoms with Gasteiger partial charge in [0.25, 0.3) is 11.6 Å². The van der Waals surface area contributed by atoms with E-state index in [-0.39, 0.29) is 29.3 Å². The summed E-state index contributed by atoms with van der Waals surface area (Å²) >= 11 is 0. The predicted octanol–water partition coefficient (Wildman–Crippen LogP) is 4.84. The Labute approximate surface area is 208 Å². The van der Waals surface area contributed by atoms with Crippen molar-refractivity contribution in [3.05, 3.63) is 106 Å². The summed E-state index contributed by atoms with van der Waals surface area (Å²) in [6.07, 6.45) is 1.88. The Hall–Kier alpha value is -4.66. The Kier molecular flexibility index (Phi) is 7.60. The molecule has 1 heterocycles. The molecule has 0 fully saturated rings. The number of nitrogens with one attached hydrogen (secondary N) is 1. The smallest absolute Gasteiger partial charge is 0.286 e. The SMILES string of the molecule is CCOc1cc(C(=O)NCc2cn(Cc3ccccc3)nc2-c2ccccc2)c([N+](=O)[O-])cc1OC. The molecule has 1 N–H and O–H groups in total. The lowest BCUT2D eigenvalue weighted by Gasteiger charge is -2.12. The molecule has 0 unspecified atom stereocenters. The Morgan fingerprint density at radius 3 is 2.39 bits per heavy atom. The van der Waals surface area contributed by atoms with Crippen molar-refractivity contribution in [2.75, 3.05) is 13.7 Å². The van der Waals surface area contributed by atoms with Gasteiger partial charge >= 0.3 is 0 Å². The number of benzene rings is 3. The van der Waals surface area contributed by atoms with Gasteiger partial charge in [-0.2, -0.15) is 5.10 Å². The molecule has 1 amide bonds. The zero-order valence-corrected chi connectivity index (χ0v) is 20.0. The van der Waals surface area contributed by atoms with Gasteiger partial charge in [0.2, 0.25) is 0 Å². The molecule has 36 heavy (non-hydrogen) atoms. The van der Waals surface area contributed by atoms with E-state index in [1.54, 1.807) is 6.92 Å². The average Bonchev–Trinajstić information content (AvgIpc) is 3.30. The van der Waals surface area contributed by atoms with Crippen molar-refractivity contribution in [2.24, 2.45) is 0 Å². The largest absolute Gasteiger partial charge is 0.493 e. The number of amides is 1. The normalized spacial score (nSPS) is 10.6. The first-order valence-corrected chi connectivity index (χ1v) is 11.4. The van der Waals surface area contributed by atoms with Crippen LogP contribution in [0.25, 0.3) is 11.3 Å². The topological polar surface area (TPSA) is 109 Å². The Morgan fingerprint density at radius 1 is 1.06 bits per heavy atom. The molecule has 3 aromatic carbocycles. The van der Waals surface area contributed by atoms with E-state index in [1.165, 1.54) is 19.2 Å². The second-order valence-electron chi connectivity index (χ2n) is 7.95. The molecular weight excluding hydrogens is 460 g/mol. The number of hydrogen-bond donors (Lipinski definition) is 1. The number of nitro groups is 1. The molecule has 0 aliphatic carbocycles. The summed E-state index contributed by atoms with van der Waals surface area (Å²) in [6, 6.07) is 22.1. The van der Waals surface area contributed by atoms with Crippen molar-refractivity contribution in [3.8, 4) is 22.8 Å². The van der Waals surface area contributed by atoms with Crippen LogP contribution in [-0.2, 0) is 13.1 Å². The molecular formula is C27H26N4O5. The number of carbonyl (C=O) groups excluding carboxylic acids is 1. The molecule has 0 spiro atoms. The first kappa shape index (κ1) is 24.5. The van der Waals surface area contributed by atoms with Crippen LogP contribution in [0.2, 0.25) is 0 Å². The van der Waals surface area contributed by atoms with E-state index in [2.05, 4.69) is 5.32 Å². The van der Waals surface area contributed by atoms with E-state index in [1.807, 2.05) is 71.5 Å². The number of aromatic nitrogens is 2. The summed E-state index contributed by atoms with van der Waals surface area (Å²) in [6.45, 7) is 2.79. The highest BCUT2D eigenvalue weighted by Crippen LogP contribution is 2.35. The number of hydrogen-bond acceptors (Lipinski definition) is 6. The minimum atomic E-state index is -0.611. The highest BCUT2D eigenvalue weighted by Gasteiger charge is 2.25. The molecule has 1 aromatic heterocycles. The lowest BCUT2D eigenvalue weighted by Crippen LogP contribution is -2.24. The monoisotopic (exact) mass is 486 g/mol. The molecule has 0 atom stereocenters. The van der Waals surface area contributed by atoms with Crippen molar-refractivity contribution in [2.45, 2.75) is 20.0 Å². The van der Waals surface area contributed by atoms with Gasteiger partial charge in [0.05, 0.1) is 36.9 Å². The number of ether oxygens (including phenoxy) is 2. The van der Waals surface area contributed by atoms with Gasteiger partial charge in [0.15, 0.2) is 11.5 Å². The fraction of sp³-hybridized carbons (Fsp3) is 0.185. The summed E-state index contributed by atoms with van der Waals surface area (Å²) in [7, 11) is 1.39. The number of rotatable bonds is 10. The van der Waals surface area contributed by atoms with Gasteiger partial charge in [-0.05, 0) is 12.5 Å². The van der Waals surface area contributed by atoms with Crippen LogP contribution in [0.4, 0.5) is 5.69 Å².